The fraction of sp³-hybridized carbons (Fsp3) is 0.136. The number of Topliss-reactive ketones (excluding diaryl/α,β-unsaturated/α-hetero) is 1. The number of nitrogens with one attached hydrogen (secondary N) is 1. The molecular formula is C22H16ClFN2O3. The molecule has 5 nitrogen and oxygen atoms in total. The van der Waals surface area contributed by atoms with Crippen molar-refractivity contribution in [2.75, 3.05) is 5.32 Å². The van der Waals surface area contributed by atoms with Crippen LogP contribution < -0.4 is 10.9 Å². The maximum absolute atomic E-state index is 13.2. The van der Waals surface area contributed by atoms with Crippen LogP contribution in [0.4, 0.5) is 10.1 Å². The number of anilines is 1. The van der Waals surface area contributed by atoms with E-state index in [2.05, 4.69) is 5.32 Å². The molecule has 0 saturated heterocycles. The number of carbonyl (C=O) groups is 2. The predicted molar refractivity (Wildman–Crippen MR) is 109 cm³/mol. The van der Waals surface area contributed by atoms with E-state index in [1.165, 1.54) is 34.9 Å². The number of halogens is 2. The Kier molecular flexibility index (Phi) is 5.03. The van der Waals surface area contributed by atoms with E-state index in [0.29, 0.717) is 46.9 Å². The lowest BCUT2D eigenvalue weighted by Gasteiger charge is -2.21. The van der Waals surface area contributed by atoms with Gasteiger partial charge < -0.3 is 5.32 Å². The van der Waals surface area contributed by atoms with Crippen LogP contribution in [0.25, 0.3) is 5.69 Å². The molecule has 29 heavy (non-hydrogen) atoms. The first-order chi connectivity index (χ1) is 13.9. The van der Waals surface area contributed by atoms with Gasteiger partial charge in [-0.2, -0.15) is 0 Å². The van der Waals surface area contributed by atoms with Crippen molar-refractivity contribution in [3.63, 3.8) is 0 Å². The first-order valence-electron chi connectivity index (χ1n) is 9.09. The molecule has 2 aromatic carbocycles. The number of ketones is 1. The van der Waals surface area contributed by atoms with Gasteiger partial charge in [-0.1, -0.05) is 11.6 Å². The van der Waals surface area contributed by atoms with Gasteiger partial charge in [0.2, 0.25) is 0 Å². The van der Waals surface area contributed by atoms with Crippen LogP contribution in [-0.2, 0) is 6.42 Å². The van der Waals surface area contributed by atoms with Gasteiger partial charge in [-0.15, -0.1) is 0 Å². The van der Waals surface area contributed by atoms with E-state index in [4.69, 9.17) is 11.6 Å². The van der Waals surface area contributed by atoms with Gasteiger partial charge in [0.1, 0.15) is 11.4 Å². The molecule has 4 rings (SSSR count). The number of benzene rings is 2. The minimum atomic E-state index is -0.662. The number of amides is 1. The van der Waals surface area contributed by atoms with Gasteiger partial charge in [-0.05, 0) is 67.4 Å². The molecule has 1 aromatic heterocycles. The van der Waals surface area contributed by atoms with Crippen molar-refractivity contribution in [3.05, 3.63) is 92.6 Å². The van der Waals surface area contributed by atoms with E-state index < -0.39 is 17.3 Å². The average Bonchev–Trinajstić information content (AvgIpc) is 2.70. The van der Waals surface area contributed by atoms with E-state index >= 15 is 0 Å². The lowest BCUT2D eigenvalue weighted by molar-refractivity contribution is 0.0971. The zero-order valence-electron chi connectivity index (χ0n) is 15.2. The summed E-state index contributed by atoms with van der Waals surface area (Å²) in [6.07, 6.45) is 1.56. The first kappa shape index (κ1) is 19.1. The zero-order chi connectivity index (χ0) is 20.5. The van der Waals surface area contributed by atoms with Gasteiger partial charge in [0.15, 0.2) is 5.78 Å². The van der Waals surface area contributed by atoms with E-state index in [1.54, 1.807) is 24.3 Å². The van der Waals surface area contributed by atoms with Crippen LogP contribution in [0.1, 0.15) is 39.3 Å². The molecule has 1 N–H and O–H groups in total. The van der Waals surface area contributed by atoms with Crippen LogP contribution in [0.3, 0.4) is 0 Å². The second-order valence-electron chi connectivity index (χ2n) is 6.77. The van der Waals surface area contributed by atoms with Crippen LogP contribution >= 0.6 is 11.6 Å². The molecule has 0 spiro atoms. The van der Waals surface area contributed by atoms with Crippen molar-refractivity contribution in [1.29, 1.82) is 0 Å². The maximum Gasteiger partial charge on any atom is 0.268 e. The Bertz CT molecular complexity index is 1170. The van der Waals surface area contributed by atoms with Gasteiger partial charge in [0.05, 0.1) is 0 Å². The topological polar surface area (TPSA) is 68.2 Å². The van der Waals surface area contributed by atoms with Gasteiger partial charge in [-0.3, -0.25) is 19.0 Å². The molecule has 1 heterocycles. The van der Waals surface area contributed by atoms with Crippen LogP contribution in [0.5, 0.6) is 0 Å². The van der Waals surface area contributed by atoms with E-state index in [9.17, 15) is 18.8 Å². The highest BCUT2D eigenvalue weighted by molar-refractivity contribution is 6.30. The molecule has 146 valence electrons. The Hall–Kier alpha value is -3.25. The molecule has 1 aliphatic rings. The van der Waals surface area contributed by atoms with Gasteiger partial charge in [0.25, 0.3) is 11.5 Å². The largest absolute Gasteiger partial charge is 0.322 e. The molecule has 0 fully saturated rings. The Labute approximate surface area is 170 Å². The fourth-order valence-electron chi connectivity index (χ4n) is 3.45. The molecular weight excluding hydrogens is 395 g/mol. The third-order valence-electron chi connectivity index (χ3n) is 4.85. The lowest BCUT2D eigenvalue weighted by Crippen LogP contribution is -2.33. The quantitative estimate of drug-likeness (QED) is 0.695. The number of hydrogen-bond acceptors (Lipinski definition) is 3. The van der Waals surface area contributed by atoms with Crippen LogP contribution in [0.2, 0.25) is 5.02 Å². The van der Waals surface area contributed by atoms with Crippen molar-refractivity contribution in [2.24, 2.45) is 0 Å². The summed E-state index contributed by atoms with van der Waals surface area (Å²) in [7, 11) is 0. The Morgan fingerprint density at radius 1 is 1.00 bits per heavy atom. The van der Waals surface area contributed by atoms with Crippen molar-refractivity contribution >= 4 is 29.0 Å². The minimum Gasteiger partial charge on any atom is -0.322 e. The third kappa shape index (κ3) is 3.71. The number of aromatic nitrogens is 1. The monoisotopic (exact) mass is 410 g/mol. The van der Waals surface area contributed by atoms with E-state index in [-0.39, 0.29) is 11.3 Å². The summed E-state index contributed by atoms with van der Waals surface area (Å²) in [6.45, 7) is 0. The average molecular weight is 411 g/mol. The minimum absolute atomic E-state index is 0.107. The van der Waals surface area contributed by atoms with E-state index in [1.807, 2.05) is 0 Å². The third-order valence-corrected chi connectivity index (χ3v) is 5.10. The highest BCUT2D eigenvalue weighted by Gasteiger charge is 2.26. The van der Waals surface area contributed by atoms with Crippen molar-refractivity contribution < 1.29 is 14.0 Å². The normalized spacial score (nSPS) is 13.1. The molecule has 0 atom stereocenters. The summed E-state index contributed by atoms with van der Waals surface area (Å²) in [5, 5.41) is 3.10. The second kappa shape index (κ2) is 7.64. The summed E-state index contributed by atoms with van der Waals surface area (Å²) >= 11 is 5.96. The number of fused-ring (bicyclic) bond motifs is 1. The summed E-state index contributed by atoms with van der Waals surface area (Å²) < 4.78 is 14.5. The lowest BCUT2D eigenvalue weighted by atomic mass is 9.92. The number of nitrogens with zero attached hydrogens (tertiary/aromatic N) is 1. The first-order valence-corrected chi connectivity index (χ1v) is 9.47. The highest BCUT2D eigenvalue weighted by Crippen LogP contribution is 2.24. The van der Waals surface area contributed by atoms with Gasteiger partial charge in [0, 0.05) is 34.1 Å². The summed E-state index contributed by atoms with van der Waals surface area (Å²) in [5.41, 5.74) is 1.15. The Balaban J connectivity index is 1.85. The molecule has 0 unspecified atom stereocenters. The standard InChI is InChI=1S/C22H16ClFN2O3/c23-13-4-10-16(11-5-13)26-19-2-1-3-20(27)17(19)12-18(22(26)29)21(28)25-15-8-6-14(24)7-9-15/h4-12H,1-3H2,(H,25,28). The SMILES string of the molecule is O=C1CCCc2c1cc(C(=O)Nc1ccc(F)cc1)c(=O)n2-c1ccc(Cl)cc1. The summed E-state index contributed by atoms with van der Waals surface area (Å²) in [5.74, 6) is -1.21. The van der Waals surface area contributed by atoms with E-state index in [0.717, 1.165) is 0 Å². The fourth-order valence-corrected chi connectivity index (χ4v) is 3.58. The molecule has 0 aliphatic heterocycles. The van der Waals surface area contributed by atoms with Crippen LogP contribution in [0, 0.1) is 5.82 Å². The number of carbonyl (C=O) groups excluding carboxylic acids is 2. The molecule has 3 aromatic rings. The molecule has 0 radical (unpaired) electrons. The summed E-state index contributed by atoms with van der Waals surface area (Å²) in [4.78, 5) is 38.5. The van der Waals surface area contributed by atoms with Gasteiger partial charge >= 0.3 is 0 Å². The Morgan fingerprint density at radius 2 is 1.69 bits per heavy atom. The molecule has 0 saturated carbocycles. The van der Waals surface area contributed by atoms with Crippen LogP contribution in [0.15, 0.2) is 59.4 Å². The molecule has 1 amide bonds. The van der Waals surface area contributed by atoms with Crippen molar-refractivity contribution in [2.45, 2.75) is 19.3 Å². The molecule has 0 bridgehead atoms. The highest BCUT2D eigenvalue weighted by atomic mass is 35.5. The molecule has 1 aliphatic carbocycles. The smallest absolute Gasteiger partial charge is 0.268 e. The second-order valence-corrected chi connectivity index (χ2v) is 7.21. The maximum atomic E-state index is 13.2. The zero-order valence-corrected chi connectivity index (χ0v) is 16.0. The predicted octanol–water partition coefficient (Wildman–Crippen LogP) is 4.40. The van der Waals surface area contributed by atoms with Crippen LogP contribution in [-0.4, -0.2) is 16.3 Å². The number of pyridine rings is 1. The molecule has 7 heteroatoms. The van der Waals surface area contributed by atoms with Crippen molar-refractivity contribution in [3.8, 4) is 5.69 Å². The summed E-state index contributed by atoms with van der Waals surface area (Å²) in [6, 6.07) is 13.2. The number of hydrogen-bond donors (Lipinski definition) is 1. The van der Waals surface area contributed by atoms with Gasteiger partial charge in [-0.25, -0.2) is 4.39 Å². The number of rotatable bonds is 3. The Morgan fingerprint density at radius 3 is 2.38 bits per heavy atom. The van der Waals surface area contributed by atoms with Crippen molar-refractivity contribution in [1.82, 2.24) is 4.57 Å².